The Hall–Kier alpha value is -0.970. The second kappa shape index (κ2) is 2.26. The van der Waals surface area contributed by atoms with E-state index in [0.29, 0.717) is 11.3 Å². The van der Waals surface area contributed by atoms with Crippen LogP contribution in [0.2, 0.25) is 0 Å². The van der Waals surface area contributed by atoms with Crippen LogP contribution in [0, 0.1) is 0 Å². The molecule has 64 valence electrons. The van der Waals surface area contributed by atoms with Crippen molar-refractivity contribution >= 4 is 23.6 Å². The van der Waals surface area contributed by atoms with E-state index in [1.807, 2.05) is 0 Å². The minimum atomic E-state index is -0.925. The van der Waals surface area contributed by atoms with E-state index >= 15 is 0 Å². The lowest BCUT2D eigenvalue weighted by Gasteiger charge is -2.37. The summed E-state index contributed by atoms with van der Waals surface area (Å²) in [6.07, 6.45) is 0. The molecule has 5 heteroatoms. The van der Waals surface area contributed by atoms with Crippen molar-refractivity contribution in [3.8, 4) is 0 Å². The molecule has 12 heavy (non-hydrogen) atoms. The highest BCUT2D eigenvalue weighted by Crippen LogP contribution is 2.42. The highest BCUT2D eigenvalue weighted by molar-refractivity contribution is 8.00. The van der Waals surface area contributed by atoms with Crippen molar-refractivity contribution in [2.75, 3.05) is 5.75 Å². The van der Waals surface area contributed by atoms with Gasteiger partial charge in [-0.15, -0.1) is 11.8 Å². The van der Waals surface area contributed by atoms with E-state index in [2.05, 4.69) is 6.58 Å². The van der Waals surface area contributed by atoms with Gasteiger partial charge in [0.2, 0.25) is 0 Å². The Labute approximate surface area is 73.2 Å². The summed E-state index contributed by atoms with van der Waals surface area (Å²) in [6.45, 7) is 3.57. The second-order valence-electron chi connectivity index (χ2n) is 2.78. The molecule has 0 saturated carbocycles. The molecule has 2 heterocycles. The van der Waals surface area contributed by atoms with Crippen LogP contribution in [0.4, 0.5) is 0 Å². The molecule has 0 aromatic rings. The first-order chi connectivity index (χ1) is 5.63. The maximum atomic E-state index is 11.1. The van der Waals surface area contributed by atoms with Crippen LogP contribution >= 0.6 is 11.8 Å². The molecule has 0 radical (unpaired) electrons. The molecular formula is C7H7NO3S. The van der Waals surface area contributed by atoms with Gasteiger partial charge >= 0.3 is 5.97 Å². The predicted octanol–water partition coefficient (Wildman–Crippen LogP) is -0.0891. The number of hydrogen-bond donors (Lipinski definition) is 1. The molecule has 0 aromatic heterocycles. The maximum Gasteiger partial charge on any atom is 0.327 e. The van der Waals surface area contributed by atoms with Gasteiger partial charge in [0, 0.05) is 11.3 Å². The number of nitrogens with zero attached hydrogens (tertiary/aromatic N) is 1. The third kappa shape index (κ3) is 0.741. The molecular weight excluding hydrogens is 178 g/mol. The maximum absolute atomic E-state index is 11.1. The molecule has 4 nitrogen and oxygen atoms in total. The Balaban J connectivity index is 2.21. The number of carboxylic acid groups (broad SMARTS) is 1. The van der Waals surface area contributed by atoms with Gasteiger partial charge in [-0.2, -0.15) is 0 Å². The van der Waals surface area contributed by atoms with Crippen LogP contribution in [0.3, 0.4) is 0 Å². The highest BCUT2D eigenvalue weighted by Gasteiger charge is 2.52. The van der Waals surface area contributed by atoms with Crippen molar-refractivity contribution in [1.82, 2.24) is 4.90 Å². The molecule has 2 fully saturated rings. The molecule has 1 N–H and O–H groups in total. The largest absolute Gasteiger partial charge is 0.480 e. The number of thioether (sulfide) groups is 1. The van der Waals surface area contributed by atoms with Gasteiger partial charge in [0.15, 0.2) is 0 Å². The molecule has 0 bridgehead atoms. The minimum absolute atomic E-state index is 0.0707. The molecule has 2 aliphatic heterocycles. The first-order valence-corrected chi connectivity index (χ1v) is 4.53. The van der Waals surface area contributed by atoms with E-state index in [0.717, 1.165) is 0 Å². The number of fused-ring (bicyclic) bond motifs is 1. The summed E-state index contributed by atoms with van der Waals surface area (Å²) >= 11 is 1.47. The Kier molecular flexibility index (Phi) is 1.44. The fourth-order valence-electron chi connectivity index (χ4n) is 1.42. The van der Waals surface area contributed by atoms with E-state index in [-0.39, 0.29) is 11.3 Å². The number of carbonyl (C=O) groups is 2. The number of amides is 1. The molecule has 2 aliphatic rings. The van der Waals surface area contributed by atoms with Gasteiger partial charge in [-0.1, -0.05) is 6.58 Å². The minimum Gasteiger partial charge on any atom is -0.480 e. The van der Waals surface area contributed by atoms with Gasteiger partial charge < -0.3 is 10.0 Å². The Bertz CT molecular complexity index is 288. The lowest BCUT2D eigenvalue weighted by atomic mass is 10.1. The number of aliphatic carboxylic acids is 1. The van der Waals surface area contributed by atoms with E-state index in [4.69, 9.17) is 5.11 Å². The fraction of sp³-hybridized carbons (Fsp3) is 0.429. The van der Waals surface area contributed by atoms with Gasteiger partial charge in [-0.25, -0.2) is 4.79 Å². The van der Waals surface area contributed by atoms with Crippen LogP contribution in [-0.4, -0.2) is 39.1 Å². The standard InChI is InChI=1S/C7H7NO3S/c1-3-5(9)8-4(7(10)11)2-12-6(3)8/h4,6H,1-2H2,(H,10,11)/t4?,6-/m1/s1. The fourth-order valence-corrected chi connectivity index (χ4v) is 2.79. The zero-order chi connectivity index (χ0) is 8.88. The Morgan fingerprint density at radius 3 is 3.00 bits per heavy atom. The van der Waals surface area contributed by atoms with Crippen molar-refractivity contribution < 1.29 is 14.7 Å². The first-order valence-electron chi connectivity index (χ1n) is 3.49. The van der Waals surface area contributed by atoms with Gasteiger partial charge in [0.25, 0.3) is 5.91 Å². The predicted molar refractivity (Wildman–Crippen MR) is 43.7 cm³/mol. The van der Waals surface area contributed by atoms with E-state index in [1.165, 1.54) is 16.7 Å². The molecule has 1 amide bonds. The lowest BCUT2D eigenvalue weighted by Crippen LogP contribution is -2.55. The van der Waals surface area contributed by atoms with E-state index < -0.39 is 12.0 Å². The third-order valence-corrected chi connectivity index (χ3v) is 3.43. The molecule has 0 aromatic carbocycles. The number of hydrogen-bond acceptors (Lipinski definition) is 3. The van der Waals surface area contributed by atoms with Crippen molar-refractivity contribution in [3.05, 3.63) is 12.2 Å². The molecule has 2 saturated heterocycles. The van der Waals surface area contributed by atoms with Gasteiger partial charge in [-0.05, 0) is 0 Å². The topological polar surface area (TPSA) is 57.6 Å². The third-order valence-electron chi connectivity index (χ3n) is 2.09. The second-order valence-corrected chi connectivity index (χ2v) is 3.89. The van der Waals surface area contributed by atoms with Crippen molar-refractivity contribution in [3.63, 3.8) is 0 Å². The number of carboxylic acids is 1. The summed E-state index contributed by atoms with van der Waals surface area (Å²) in [7, 11) is 0. The van der Waals surface area contributed by atoms with Crippen LogP contribution in [0.5, 0.6) is 0 Å². The van der Waals surface area contributed by atoms with E-state index in [1.54, 1.807) is 0 Å². The SMILES string of the molecule is C=C1C(=O)N2C(C(=O)O)CS[C@H]12. The van der Waals surface area contributed by atoms with Gasteiger partial charge in [-0.3, -0.25) is 4.79 Å². The van der Waals surface area contributed by atoms with Crippen LogP contribution in [0.15, 0.2) is 12.2 Å². The molecule has 2 atom stereocenters. The average molecular weight is 185 g/mol. The summed E-state index contributed by atoms with van der Waals surface area (Å²) < 4.78 is 0. The van der Waals surface area contributed by atoms with Crippen LogP contribution < -0.4 is 0 Å². The number of rotatable bonds is 1. The van der Waals surface area contributed by atoms with Crippen molar-refractivity contribution in [2.24, 2.45) is 0 Å². The van der Waals surface area contributed by atoms with Crippen molar-refractivity contribution in [1.29, 1.82) is 0 Å². The highest BCUT2D eigenvalue weighted by atomic mass is 32.2. The van der Waals surface area contributed by atoms with E-state index in [9.17, 15) is 9.59 Å². The van der Waals surface area contributed by atoms with Crippen molar-refractivity contribution in [2.45, 2.75) is 11.4 Å². The summed E-state index contributed by atoms with van der Waals surface area (Å²) in [5.74, 6) is -0.659. The van der Waals surface area contributed by atoms with Crippen LogP contribution in [0.25, 0.3) is 0 Å². The Morgan fingerprint density at radius 2 is 2.42 bits per heavy atom. The summed E-state index contributed by atoms with van der Waals surface area (Å²) in [5.41, 5.74) is 0.531. The summed E-state index contributed by atoms with van der Waals surface area (Å²) in [5, 5.41) is 8.63. The zero-order valence-electron chi connectivity index (χ0n) is 6.19. The summed E-state index contributed by atoms with van der Waals surface area (Å²) in [4.78, 5) is 23.1. The number of β-lactam (4-membered cyclic amide) rings is 1. The monoisotopic (exact) mass is 185 g/mol. The summed E-state index contributed by atoms with van der Waals surface area (Å²) in [6, 6.07) is -0.641. The Morgan fingerprint density at radius 1 is 1.75 bits per heavy atom. The normalized spacial score (nSPS) is 33.2. The molecule has 0 spiro atoms. The van der Waals surface area contributed by atoms with Crippen LogP contribution in [0.1, 0.15) is 0 Å². The lowest BCUT2D eigenvalue weighted by molar-refractivity contribution is -0.150. The number of carbonyl (C=O) groups excluding carboxylic acids is 1. The molecule has 2 rings (SSSR count). The first kappa shape index (κ1) is 7.67. The smallest absolute Gasteiger partial charge is 0.327 e. The zero-order valence-corrected chi connectivity index (χ0v) is 7.00. The van der Waals surface area contributed by atoms with Gasteiger partial charge in [0.1, 0.15) is 11.4 Å². The van der Waals surface area contributed by atoms with Crippen LogP contribution in [-0.2, 0) is 9.59 Å². The molecule has 0 aliphatic carbocycles. The van der Waals surface area contributed by atoms with Gasteiger partial charge in [0.05, 0.1) is 0 Å². The molecule has 1 unspecified atom stereocenters. The quantitative estimate of drug-likeness (QED) is 0.458. The average Bonchev–Trinajstić information content (AvgIpc) is 2.43.